The van der Waals surface area contributed by atoms with E-state index in [1.807, 2.05) is 29.2 Å². The topological polar surface area (TPSA) is 69.9 Å². The number of hydrogen-bond donors (Lipinski definition) is 0. The Balaban J connectivity index is 1.46. The molecule has 1 aromatic heterocycles. The van der Waals surface area contributed by atoms with E-state index in [1.165, 1.54) is 0 Å². The van der Waals surface area contributed by atoms with Crippen LogP contribution in [0.25, 0.3) is 11.1 Å². The molecule has 0 radical (unpaired) electrons. The number of aromatic nitrogens is 1. The maximum atomic E-state index is 12.6. The summed E-state index contributed by atoms with van der Waals surface area (Å²) in [6, 6.07) is 8.22. The number of hydrogen-bond acceptors (Lipinski definition) is 5. The zero-order valence-electron chi connectivity index (χ0n) is 12.9. The molecule has 0 N–H and O–H groups in total. The number of benzene rings is 1. The summed E-state index contributed by atoms with van der Waals surface area (Å²) in [4.78, 5) is 6.49. The summed E-state index contributed by atoms with van der Waals surface area (Å²) in [6.07, 6.45) is 1.92. The molecule has 2 fully saturated rings. The van der Waals surface area contributed by atoms with Gasteiger partial charge >= 0.3 is 0 Å². The van der Waals surface area contributed by atoms with Crippen LogP contribution in [-0.2, 0) is 10.2 Å². The zero-order chi connectivity index (χ0) is 15.9. The molecule has 0 amide bonds. The molecule has 8 heteroatoms. The Labute approximate surface area is 135 Å². The second kappa shape index (κ2) is 5.77. The predicted molar refractivity (Wildman–Crippen MR) is 87.5 cm³/mol. The van der Waals surface area contributed by atoms with Crippen molar-refractivity contribution < 1.29 is 12.8 Å². The molecule has 7 nitrogen and oxygen atoms in total. The van der Waals surface area contributed by atoms with Crippen LogP contribution in [0.15, 0.2) is 28.7 Å². The fourth-order valence-electron chi connectivity index (χ4n) is 3.19. The molecular weight excluding hydrogens is 316 g/mol. The molecule has 2 aliphatic rings. The quantitative estimate of drug-likeness (QED) is 0.845. The first-order valence-electron chi connectivity index (χ1n) is 8.00. The van der Waals surface area contributed by atoms with Gasteiger partial charge in [-0.15, -0.1) is 0 Å². The fraction of sp³-hybridized carbons (Fsp3) is 0.533. The molecule has 2 aromatic rings. The summed E-state index contributed by atoms with van der Waals surface area (Å²) in [5.74, 6) is 0. The Bertz CT molecular complexity index is 757. The van der Waals surface area contributed by atoms with Crippen LogP contribution in [0.4, 0.5) is 6.01 Å². The molecule has 1 aromatic carbocycles. The first-order valence-corrected chi connectivity index (χ1v) is 9.40. The van der Waals surface area contributed by atoms with E-state index in [4.69, 9.17) is 4.42 Å². The van der Waals surface area contributed by atoms with Gasteiger partial charge < -0.3 is 9.32 Å². The number of fused-ring (bicyclic) bond motifs is 1. The van der Waals surface area contributed by atoms with E-state index in [9.17, 15) is 8.42 Å². The van der Waals surface area contributed by atoms with Gasteiger partial charge in [0.25, 0.3) is 16.2 Å². The minimum atomic E-state index is -3.30. The second-order valence-corrected chi connectivity index (χ2v) is 7.89. The normalized spacial score (nSPS) is 21.3. The van der Waals surface area contributed by atoms with E-state index in [0.29, 0.717) is 45.3 Å². The highest BCUT2D eigenvalue weighted by Gasteiger charge is 2.34. The van der Waals surface area contributed by atoms with Crippen LogP contribution in [0.5, 0.6) is 0 Å². The van der Waals surface area contributed by atoms with Gasteiger partial charge in [0.1, 0.15) is 5.52 Å². The third-order valence-corrected chi connectivity index (χ3v) is 6.54. The lowest BCUT2D eigenvalue weighted by Gasteiger charge is -2.35. The smallest absolute Gasteiger partial charge is 0.298 e. The molecule has 2 saturated heterocycles. The van der Waals surface area contributed by atoms with Crippen LogP contribution in [0, 0.1) is 0 Å². The predicted octanol–water partition coefficient (Wildman–Crippen LogP) is 1.29. The lowest BCUT2D eigenvalue weighted by molar-refractivity contribution is 0.337. The van der Waals surface area contributed by atoms with Crippen molar-refractivity contribution in [3.8, 4) is 0 Å². The highest BCUT2D eigenvalue weighted by molar-refractivity contribution is 7.86. The summed E-state index contributed by atoms with van der Waals surface area (Å²) in [5, 5.41) is 0. The average molecular weight is 336 g/mol. The molecule has 0 bridgehead atoms. The van der Waals surface area contributed by atoms with Gasteiger partial charge in [0, 0.05) is 39.3 Å². The fourth-order valence-corrected chi connectivity index (χ4v) is 4.86. The summed E-state index contributed by atoms with van der Waals surface area (Å²) in [7, 11) is -3.30. The summed E-state index contributed by atoms with van der Waals surface area (Å²) >= 11 is 0. The molecule has 0 saturated carbocycles. The van der Waals surface area contributed by atoms with E-state index >= 15 is 0 Å². The van der Waals surface area contributed by atoms with Gasteiger partial charge in [0.2, 0.25) is 0 Å². The van der Waals surface area contributed by atoms with Crippen LogP contribution in [0.1, 0.15) is 12.8 Å². The molecule has 124 valence electrons. The Morgan fingerprint density at radius 2 is 1.57 bits per heavy atom. The average Bonchev–Trinajstić information content (AvgIpc) is 3.24. The van der Waals surface area contributed by atoms with Crippen LogP contribution in [0.3, 0.4) is 0 Å². The summed E-state index contributed by atoms with van der Waals surface area (Å²) in [6.45, 7) is 3.43. The Morgan fingerprint density at radius 3 is 2.26 bits per heavy atom. The Kier molecular flexibility index (Phi) is 3.74. The highest BCUT2D eigenvalue weighted by Crippen LogP contribution is 2.24. The van der Waals surface area contributed by atoms with E-state index in [-0.39, 0.29) is 0 Å². The molecule has 0 spiro atoms. The molecule has 3 heterocycles. The SMILES string of the molecule is O=S(=O)(N1CCCC1)N1CCN(c2nc3ccccc3o2)CC1. The van der Waals surface area contributed by atoms with E-state index in [1.54, 1.807) is 8.61 Å². The van der Waals surface area contributed by atoms with Crippen molar-refractivity contribution in [1.29, 1.82) is 0 Å². The third-order valence-electron chi connectivity index (χ3n) is 4.51. The van der Waals surface area contributed by atoms with E-state index in [0.717, 1.165) is 23.9 Å². The lowest BCUT2D eigenvalue weighted by Crippen LogP contribution is -2.52. The van der Waals surface area contributed by atoms with Crippen molar-refractivity contribution in [1.82, 2.24) is 13.6 Å². The van der Waals surface area contributed by atoms with Crippen molar-refractivity contribution in [3.63, 3.8) is 0 Å². The Hall–Kier alpha value is -1.64. The third kappa shape index (κ3) is 2.71. The van der Waals surface area contributed by atoms with Crippen molar-refractivity contribution in [2.75, 3.05) is 44.2 Å². The van der Waals surface area contributed by atoms with Gasteiger partial charge in [0.15, 0.2) is 5.58 Å². The maximum Gasteiger partial charge on any atom is 0.298 e. The molecule has 2 aliphatic heterocycles. The largest absolute Gasteiger partial charge is 0.423 e. The van der Waals surface area contributed by atoms with Gasteiger partial charge in [-0.3, -0.25) is 0 Å². The first-order chi connectivity index (χ1) is 11.1. The van der Waals surface area contributed by atoms with Crippen molar-refractivity contribution in [2.45, 2.75) is 12.8 Å². The second-order valence-electron chi connectivity index (χ2n) is 5.96. The van der Waals surface area contributed by atoms with Crippen LogP contribution in [-0.4, -0.2) is 61.3 Å². The number of rotatable bonds is 3. The van der Waals surface area contributed by atoms with Crippen molar-refractivity contribution >= 4 is 27.3 Å². The van der Waals surface area contributed by atoms with Crippen LogP contribution < -0.4 is 4.90 Å². The van der Waals surface area contributed by atoms with Gasteiger partial charge in [-0.25, -0.2) is 0 Å². The molecular formula is C15H20N4O3S. The lowest BCUT2D eigenvalue weighted by atomic mass is 10.3. The minimum Gasteiger partial charge on any atom is -0.423 e. The van der Waals surface area contributed by atoms with E-state index in [2.05, 4.69) is 4.98 Å². The van der Waals surface area contributed by atoms with Crippen molar-refractivity contribution in [2.24, 2.45) is 0 Å². The number of oxazole rings is 1. The van der Waals surface area contributed by atoms with Gasteiger partial charge in [0.05, 0.1) is 0 Å². The van der Waals surface area contributed by atoms with Gasteiger partial charge in [-0.1, -0.05) is 12.1 Å². The number of nitrogens with zero attached hydrogens (tertiary/aromatic N) is 4. The summed E-state index contributed by atoms with van der Waals surface area (Å²) < 4.78 is 34.1. The van der Waals surface area contributed by atoms with Gasteiger partial charge in [-0.2, -0.15) is 22.0 Å². The van der Waals surface area contributed by atoms with E-state index < -0.39 is 10.2 Å². The van der Waals surface area contributed by atoms with Crippen LogP contribution in [0.2, 0.25) is 0 Å². The van der Waals surface area contributed by atoms with Crippen LogP contribution >= 0.6 is 0 Å². The maximum absolute atomic E-state index is 12.6. The zero-order valence-corrected chi connectivity index (χ0v) is 13.7. The summed E-state index contributed by atoms with van der Waals surface area (Å²) in [5.41, 5.74) is 1.59. The number of para-hydroxylation sites is 2. The molecule has 23 heavy (non-hydrogen) atoms. The molecule has 4 rings (SSSR count). The highest BCUT2D eigenvalue weighted by atomic mass is 32.2. The Morgan fingerprint density at radius 1 is 0.913 bits per heavy atom. The van der Waals surface area contributed by atoms with Crippen molar-refractivity contribution in [3.05, 3.63) is 24.3 Å². The first kappa shape index (κ1) is 14.9. The minimum absolute atomic E-state index is 0.470. The van der Waals surface area contributed by atoms with Gasteiger partial charge in [-0.05, 0) is 25.0 Å². The molecule has 0 aliphatic carbocycles. The standard InChI is InChI=1S/C15H20N4O3S/c20-23(21,18-7-3-4-8-18)19-11-9-17(10-12-19)15-16-13-5-1-2-6-14(13)22-15/h1-2,5-6H,3-4,7-12H2. The number of piperazine rings is 1. The molecule has 0 atom stereocenters. The molecule has 0 unspecified atom stereocenters. The monoisotopic (exact) mass is 336 g/mol. The number of anilines is 1.